The number of imidazole rings is 1. The number of fused-ring (bicyclic) bond motifs is 3. The molecule has 0 saturated heterocycles. The van der Waals surface area contributed by atoms with E-state index in [1.54, 1.807) is 0 Å². The molecule has 3 N–H and O–H groups in total. The van der Waals surface area contributed by atoms with Gasteiger partial charge in [-0.1, -0.05) is 31.5 Å². The summed E-state index contributed by atoms with van der Waals surface area (Å²) in [6.45, 7) is 10.4. The number of aromatic nitrogens is 3. The van der Waals surface area contributed by atoms with Gasteiger partial charge in [-0.3, -0.25) is 0 Å². The molecule has 2 heterocycles. The van der Waals surface area contributed by atoms with E-state index in [9.17, 15) is 0 Å². The van der Waals surface area contributed by atoms with Crippen LogP contribution in [0.1, 0.15) is 59.2 Å². The minimum Gasteiger partial charge on any atom is -0.412 e. The van der Waals surface area contributed by atoms with E-state index >= 15 is 0 Å². The summed E-state index contributed by atoms with van der Waals surface area (Å²) in [7, 11) is 0. The molecule has 0 saturated carbocycles. The molecule has 6 heteroatoms. The highest BCUT2D eigenvalue weighted by Crippen LogP contribution is 2.28. The maximum atomic E-state index is 6.23. The van der Waals surface area contributed by atoms with E-state index in [-0.39, 0.29) is 5.54 Å². The van der Waals surface area contributed by atoms with Crippen molar-refractivity contribution in [3.05, 3.63) is 30.1 Å². The fraction of sp³-hybridized carbons (Fsp3) is 0.545. The van der Waals surface area contributed by atoms with Gasteiger partial charge in [0.05, 0.1) is 5.52 Å². The minimum absolute atomic E-state index is 0.151. The molecule has 0 aliphatic carbocycles. The first-order valence-corrected chi connectivity index (χ1v) is 10.3. The Kier molecular flexibility index (Phi) is 6.39. The van der Waals surface area contributed by atoms with Gasteiger partial charge < -0.3 is 15.9 Å². The SMILES string of the molecule is CCCCc1nc2c(N)nc3ccccc3c2n1OCCCCNC(C)(C)C. The van der Waals surface area contributed by atoms with Gasteiger partial charge in [-0.15, -0.1) is 0 Å². The standard InChI is InChI=1S/C22H33N5O/c1-5-6-13-18-26-19-20(16-11-7-8-12-17(16)25-21(19)23)27(18)28-15-10-9-14-24-22(2,3)4/h7-8,11-12,24H,5-6,9-10,13-15H2,1-4H3,(H2,23,25). The average molecular weight is 384 g/mol. The first kappa shape index (κ1) is 20.4. The molecule has 0 bridgehead atoms. The van der Waals surface area contributed by atoms with Crippen LogP contribution in [0, 0.1) is 0 Å². The molecule has 0 atom stereocenters. The van der Waals surface area contributed by atoms with Crippen molar-refractivity contribution in [3.63, 3.8) is 0 Å². The van der Waals surface area contributed by atoms with Gasteiger partial charge in [-0.25, -0.2) is 9.97 Å². The number of benzene rings is 1. The summed E-state index contributed by atoms with van der Waals surface area (Å²) in [5, 5.41) is 4.54. The predicted octanol–water partition coefficient (Wildman–Crippen LogP) is 4.11. The van der Waals surface area contributed by atoms with E-state index in [2.05, 4.69) is 44.1 Å². The normalized spacial score (nSPS) is 12.1. The highest BCUT2D eigenvalue weighted by Gasteiger charge is 2.18. The lowest BCUT2D eigenvalue weighted by Gasteiger charge is -2.20. The van der Waals surface area contributed by atoms with Crippen molar-refractivity contribution >= 4 is 27.8 Å². The van der Waals surface area contributed by atoms with E-state index in [0.29, 0.717) is 12.4 Å². The van der Waals surface area contributed by atoms with Crippen LogP contribution in [0.2, 0.25) is 0 Å². The minimum atomic E-state index is 0.151. The number of aryl methyl sites for hydroxylation is 1. The Morgan fingerprint density at radius 2 is 1.89 bits per heavy atom. The van der Waals surface area contributed by atoms with Gasteiger partial charge in [0.15, 0.2) is 5.82 Å². The van der Waals surface area contributed by atoms with Crippen molar-refractivity contribution in [3.8, 4) is 0 Å². The van der Waals surface area contributed by atoms with Crippen molar-refractivity contribution < 1.29 is 4.84 Å². The highest BCUT2D eigenvalue weighted by molar-refractivity contribution is 6.06. The molecule has 0 radical (unpaired) electrons. The number of rotatable bonds is 9. The molecule has 3 aromatic rings. The van der Waals surface area contributed by atoms with Gasteiger partial charge in [0.1, 0.15) is 23.5 Å². The third-order valence-corrected chi connectivity index (χ3v) is 4.75. The molecule has 152 valence electrons. The average Bonchev–Trinajstić information content (AvgIpc) is 3.01. The molecule has 3 rings (SSSR count). The number of hydrogen-bond acceptors (Lipinski definition) is 5. The Morgan fingerprint density at radius 3 is 2.64 bits per heavy atom. The van der Waals surface area contributed by atoms with E-state index in [1.807, 2.05) is 22.9 Å². The summed E-state index contributed by atoms with van der Waals surface area (Å²) < 4.78 is 1.91. The molecule has 0 amide bonds. The summed E-state index contributed by atoms with van der Waals surface area (Å²) in [4.78, 5) is 15.5. The van der Waals surface area contributed by atoms with Gasteiger partial charge in [-0.2, -0.15) is 4.73 Å². The van der Waals surface area contributed by atoms with Crippen LogP contribution in [0.5, 0.6) is 0 Å². The third-order valence-electron chi connectivity index (χ3n) is 4.75. The van der Waals surface area contributed by atoms with Crippen LogP contribution < -0.4 is 15.9 Å². The van der Waals surface area contributed by atoms with Crippen LogP contribution in [0.4, 0.5) is 5.82 Å². The van der Waals surface area contributed by atoms with Gasteiger partial charge in [0.25, 0.3) is 0 Å². The van der Waals surface area contributed by atoms with Crippen molar-refractivity contribution in [1.82, 2.24) is 20.0 Å². The van der Waals surface area contributed by atoms with Gasteiger partial charge in [0.2, 0.25) is 0 Å². The van der Waals surface area contributed by atoms with Crippen LogP contribution in [-0.2, 0) is 6.42 Å². The Hall–Kier alpha value is -2.34. The molecular weight excluding hydrogens is 350 g/mol. The van der Waals surface area contributed by atoms with E-state index in [1.165, 1.54) is 0 Å². The van der Waals surface area contributed by atoms with Crippen molar-refractivity contribution in [1.29, 1.82) is 0 Å². The quantitative estimate of drug-likeness (QED) is 0.544. The molecule has 1 aromatic carbocycles. The monoisotopic (exact) mass is 383 g/mol. The van der Waals surface area contributed by atoms with Crippen LogP contribution in [0.15, 0.2) is 24.3 Å². The van der Waals surface area contributed by atoms with Crippen molar-refractivity contribution in [2.75, 3.05) is 18.9 Å². The summed E-state index contributed by atoms with van der Waals surface area (Å²) in [6.07, 6.45) is 5.08. The first-order valence-electron chi connectivity index (χ1n) is 10.3. The molecular formula is C22H33N5O. The van der Waals surface area contributed by atoms with E-state index < -0.39 is 0 Å². The number of nitrogens with two attached hydrogens (primary N) is 1. The summed E-state index contributed by atoms with van der Waals surface area (Å²) in [5.74, 6) is 1.39. The smallest absolute Gasteiger partial charge is 0.152 e. The van der Waals surface area contributed by atoms with Crippen LogP contribution in [0.25, 0.3) is 21.9 Å². The lowest BCUT2D eigenvalue weighted by molar-refractivity contribution is 0.108. The zero-order valence-corrected chi connectivity index (χ0v) is 17.6. The van der Waals surface area contributed by atoms with Crippen LogP contribution in [-0.4, -0.2) is 33.4 Å². The number of para-hydroxylation sites is 1. The molecule has 0 unspecified atom stereocenters. The van der Waals surface area contributed by atoms with Gasteiger partial charge in [0, 0.05) is 17.3 Å². The van der Waals surface area contributed by atoms with Crippen LogP contribution >= 0.6 is 0 Å². The predicted molar refractivity (Wildman–Crippen MR) is 116 cm³/mol. The number of unbranched alkanes of at least 4 members (excludes halogenated alkanes) is 2. The maximum Gasteiger partial charge on any atom is 0.152 e. The van der Waals surface area contributed by atoms with E-state index in [0.717, 1.165) is 66.4 Å². The number of nitrogen functional groups attached to an aromatic ring is 1. The Labute approximate surface area is 167 Å². The summed E-state index contributed by atoms with van der Waals surface area (Å²) in [6, 6.07) is 8.03. The van der Waals surface area contributed by atoms with Gasteiger partial charge in [-0.05, 0) is 52.6 Å². The highest BCUT2D eigenvalue weighted by atomic mass is 16.7. The summed E-state index contributed by atoms with van der Waals surface area (Å²) >= 11 is 0. The molecule has 2 aromatic heterocycles. The topological polar surface area (TPSA) is 78.0 Å². The van der Waals surface area contributed by atoms with Crippen LogP contribution in [0.3, 0.4) is 0 Å². The third kappa shape index (κ3) is 4.73. The first-order chi connectivity index (χ1) is 13.4. The number of nitrogens with one attached hydrogen (secondary N) is 1. The Bertz CT molecular complexity index is 926. The Balaban J connectivity index is 1.84. The molecule has 28 heavy (non-hydrogen) atoms. The largest absolute Gasteiger partial charge is 0.412 e. The molecule has 0 aliphatic rings. The second-order valence-corrected chi connectivity index (χ2v) is 8.35. The lowest BCUT2D eigenvalue weighted by Crippen LogP contribution is -2.36. The Morgan fingerprint density at radius 1 is 1.11 bits per heavy atom. The molecule has 0 spiro atoms. The van der Waals surface area contributed by atoms with E-state index in [4.69, 9.17) is 15.6 Å². The zero-order valence-electron chi connectivity index (χ0n) is 17.6. The number of nitrogens with zero attached hydrogens (tertiary/aromatic N) is 3. The fourth-order valence-electron chi connectivity index (χ4n) is 3.30. The van der Waals surface area contributed by atoms with Gasteiger partial charge >= 0.3 is 0 Å². The fourth-order valence-corrected chi connectivity index (χ4v) is 3.30. The number of anilines is 1. The maximum absolute atomic E-state index is 6.23. The molecule has 6 nitrogen and oxygen atoms in total. The number of hydrogen-bond donors (Lipinski definition) is 2. The van der Waals surface area contributed by atoms with Crippen molar-refractivity contribution in [2.24, 2.45) is 0 Å². The second-order valence-electron chi connectivity index (χ2n) is 8.35. The number of pyridine rings is 1. The van der Waals surface area contributed by atoms with Crippen molar-refractivity contribution in [2.45, 2.75) is 65.3 Å². The second kappa shape index (κ2) is 8.78. The lowest BCUT2D eigenvalue weighted by atomic mass is 10.1. The zero-order chi connectivity index (χ0) is 20.1. The molecule has 0 aliphatic heterocycles. The summed E-state index contributed by atoms with van der Waals surface area (Å²) in [5.41, 5.74) is 8.91. The molecule has 0 fully saturated rings.